The Morgan fingerprint density at radius 2 is 1.78 bits per heavy atom. The van der Waals surface area contributed by atoms with Gasteiger partial charge in [0.1, 0.15) is 29.7 Å². The number of para-hydroxylation sites is 1. The fraction of sp³-hybridized carbons (Fsp3) is 0.500. The predicted molar refractivity (Wildman–Crippen MR) is 158 cm³/mol. The van der Waals surface area contributed by atoms with E-state index < -0.39 is 67.0 Å². The zero-order valence-corrected chi connectivity index (χ0v) is 25.5. The smallest absolute Gasteiger partial charge is 0.409 e. The molecule has 2 fully saturated rings. The fourth-order valence-corrected chi connectivity index (χ4v) is 5.32. The van der Waals surface area contributed by atoms with E-state index in [1.165, 1.54) is 15.9 Å². The van der Waals surface area contributed by atoms with E-state index in [9.17, 15) is 38.3 Å². The van der Waals surface area contributed by atoms with E-state index in [-0.39, 0.29) is 63.6 Å². The van der Waals surface area contributed by atoms with Crippen LogP contribution in [0.4, 0.5) is 9.18 Å². The number of amides is 4. The highest BCUT2D eigenvalue weighted by Gasteiger charge is 2.40. The minimum Gasteiger partial charge on any atom is -0.483 e. The van der Waals surface area contributed by atoms with E-state index in [0.29, 0.717) is 10.9 Å². The Hall–Kier alpha value is -5.02. The molecule has 2 saturated heterocycles. The summed E-state index contributed by atoms with van der Waals surface area (Å²) in [4.78, 5) is 83.6. The van der Waals surface area contributed by atoms with Crippen LogP contribution in [0.25, 0.3) is 10.9 Å². The molecule has 46 heavy (non-hydrogen) atoms. The largest absolute Gasteiger partial charge is 0.483 e. The van der Waals surface area contributed by atoms with Gasteiger partial charge >= 0.3 is 18.0 Å². The molecule has 2 aliphatic rings. The standard InChI is InChI=1S/C30H36FN5O10/c1-3-45-30(43)35-12-10-34(11-13-35)28(41)21(8-9-26(38)39)33-27(40)22-15-24(19-6-4-5-7-20(19)32-22)46-17-25(37)36-16-18(31)14-23(36)29(42)44-2/h4-7,15,18,21,23H,3,8-14,16-17H2,1-2H3,(H,33,40)(H,38,39)/t18-,21?,23+/m1/s1. The van der Waals surface area contributed by atoms with Crippen molar-refractivity contribution in [2.24, 2.45) is 0 Å². The number of carboxylic acids is 1. The highest BCUT2D eigenvalue weighted by molar-refractivity contribution is 5.99. The number of pyridine rings is 1. The van der Waals surface area contributed by atoms with E-state index in [0.717, 1.165) is 12.0 Å². The third-order valence-electron chi connectivity index (χ3n) is 7.67. The Labute approximate surface area is 263 Å². The van der Waals surface area contributed by atoms with Crippen LogP contribution in [0.15, 0.2) is 30.3 Å². The zero-order chi connectivity index (χ0) is 33.4. The van der Waals surface area contributed by atoms with Gasteiger partial charge in [0.15, 0.2) is 6.61 Å². The number of nitrogens with one attached hydrogen (secondary N) is 1. The number of piperazine rings is 1. The maximum absolute atomic E-state index is 14.1. The molecule has 0 aliphatic carbocycles. The van der Waals surface area contributed by atoms with Gasteiger partial charge in [-0.15, -0.1) is 0 Å². The van der Waals surface area contributed by atoms with Gasteiger partial charge in [-0.1, -0.05) is 12.1 Å². The summed E-state index contributed by atoms with van der Waals surface area (Å²) in [7, 11) is 1.15. The lowest BCUT2D eigenvalue weighted by Crippen LogP contribution is -2.56. The van der Waals surface area contributed by atoms with Gasteiger partial charge in [0.2, 0.25) is 5.91 Å². The average molecular weight is 646 g/mol. The number of aliphatic carboxylic acids is 1. The van der Waals surface area contributed by atoms with Crippen molar-refractivity contribution >= 4 is 46.7 Å². The first-order chi connectivity index (χ1) is 22.0. The number of carboxylic acid groups (broad SMARTS) is 1. The zero-order valence-electron chi connectivity index (χ0n) is 25.5. The number of hydrogen-bond donors (Lipinski definition) is 2. The van der Waals surface area contributed by atoms with Crippen molar-refractivity contribution in [2.75, 3.05) is 53.0 Å². The van der Waals surface area contributed by atoms with Crippen molar-refractivity contribution < 1.29 is 52.5 Å². The predicted octanol–water partition coefficient (Wildman–Crippen LogP) is 0.990. The maximum atomic E-state index is 14.1. The Balaban J connectivity index is 1.50. The molecule has 2 aliphatic heterocycles. The number of carbonyl (C=O) groups is 6. The monoisotopic (exact) mass is 645 g/mol. The molecule has 1 aromatic carbocycles. The van der Waals surface area contributed by atoms with Crippen molar-refractivity contribution in [3.05, 3.63) is 36.0 Å². The molecule has 0 saturated carbocycles. The van der Waals surface area contributed by atoms with Gasteiger partial charge < -0.3 is 39.3 Å². The average Bonchev–Trinajstić information content (AvgIpc) is 3.46. The molecule has 1 aromatic heterocycles. The number of likely N-dealkylation sites (tertiary alicyclic amines) is 1. The lowest BCUT2D eigenvalue weighted by Gasteiger charge is -2.35. The van der Waals surface area contributed by atoms with Gasteiger partial charge in [-0.25, -0.2) is 19.0 Å². The molecular formula is C30H36FN5O10. The summed E-state index contributed by atoms with van der Waals surface area (Å²) in [5.74, 6) is -3.77. The summed E-state index contributed by atoms with van der Waals surface area (Å²) >= 11 is 0. The highest BCUT2D eigenvalue weighted by atomic mass is 19.1. The second-order valence-corrected chi connectivity index (χ2v) is 10.7. The topological polar surface area (TPSA) is 185 Å². The van der Waals surface area contributed by atoms with Crippen molar-refractivity contribution in [3.63, 3.8) is 0 Å². The van der Waals surface area contributed by atoms with Crippen LogP contribution in [-0.2, 0) is 28.7 Å². The molecule has 0 spiro atoms. The second-order valence-electron chi connectivity index (χ2n) is 10.7. The van der Waals surface area contributed by atoms with Crippen LogP contribution in [0.3, 0.4) is 0 Å². The van der Waals surface area contributed by atoms with E-state index in [1.54, 1.807) is 31.2 Å². The van der Waals surface area contributed by atoms with E-state index in [1.807, 2.05) is 0 Å². The highest BCUT2D eigenvalue weighted by Crippen LogP contribution is 2.27. The first kappa shape index (κ1) is 33.9. The Kier molecular flexibility index (Phi) is 11.3. The van der Waals surface area contributed by atoms with E-state index in [4.69, 9.17) is 14.2 Å². The molecule has 0 radical (unpaired) electrons. The molecule has 3 heterocycles. The molecule has 2 aromatic rings. The van der Waals surface area contributed by atoms with Crippen LogP contribution in [0.1, 0.15) is 36.7 Å². The van der Waals surface area contributed by atoms with Gasteiger partial charge in [0, 0.05) is 50.5 Å². The molecule has 0 bridgehead atoms. The van der Waals surface area contributed by atoms with Crippen molar-refractivity contribution in [1.29, 1.82) is 0 Å². The lowest BCUT2D eigenvalue weighted by molar-refractivity contribution is -0.151. The van der Waals surface area contributed by atoms with Crippen LogP contribution >= 0.6 is 0 Å². The summed E-state index contributed by atoms with van der Waals surface area (Å²) in [5.41, 5.74) is 0.164. The number of methoxy groups -OCH3 is 1. The molecule has 16 heteroatoms. The summed E-state index contributed by atoms with van der Waals surface area (Å²) in [6, 6.07) is 5.62. The molecule has 248 valence electrons. The van der Waals surface area contributed by atoms with Gasteiger partial charge in [-0.3, -0.25) is 19.2 Å². The molecule has 4 rings (SSSR count). The number of benzene rings is 1. The van der Waals surface area contributed by atoms with Crippen molar-refractivity contribution in [1.82, 2.24) is 25.0 Å². The quantitative estimate of drug-likeness (QED) is 0.332. The third kappa shape index (κ3) is 8.17. The molecule has 2 N–H and O–H groups in total. The van der Waals surface area contributed by atoms with Crippen LogP contribution < -0.4 is 10.1 Å². The first-order valence-corrected chi connectivity index (χ1v) is 14.8. The van der Waals surface area contributed by atoms with Crippen molar-refractivity contribution in [3.8, 4) is 5.75 Å². The molecule has 15 nitrogen and oxygen atoms in total. The summed E-state index contributed by atoms with van der Waals surface area (Å²) in [5, 5.41) is 12.3. The summed E-state index contributed by atoms with van der Waals surface area (Å²) in [6.45, 7) is 1.76. The summed E-state index contributed by atoms with van der Waals surface area (Å²) < 4.78 is 29.5. The van der Waals surface area contributed by atoms with Crippen LogP contribution in [0, 0.1) is 0 Å². The van der Waals surface area contributed by atoms with Gasteiger partial charge in [0.05, 0.1) is 25.8 Å². The molecule has 1 unspecified atom stereocenters. The number of nitrogens with zero attached hydrogens (tertiary/aromatic N) is 4. The Bertz CT molecular complexity index is 1480. The first-order valence-electron chi connectivity index (χ1n) is 14.8. The molecule has 4 amide bonds. The minimum atomic E-state index is -1.40. The minimum absolute atomic E-state index is 0.0956. The Morgan fingerprint density at radius 1 is 1.09 bits per heavy atom. The molecular weight excluding hydrogens is 609 g/mol. The number of carbonyl (C=O) groups excluding carboxylic acids is 5. The number of hydrogen-bond acceptors (Lipinski definition) is 10. The van der Waals surface area contributed by atoms with Crippen LogP contribution in [0.2, 0.25) is 0 Å². The van der Waals surface area contributed by atoms with E-state index in [2.05, 4.69) is 10.3 Å². The van der Waals surface area contributed by atoms with Gasteiger partial charge in [0.25, 0.3) is 11.8 Å². The van der Waals surface area contributed by atoms with E-state index >= 15 is 0 Å². The number of ether oxygens (including phenoxy) is 3. The number of esters is 1. The second kappa shape index (κ2) is 15.3. The van der Waals surface area contributed by atoms with Crippen LogP contribution in [-0.4, -0.2) is 132 Å². The SMILES string of the molecule is CCOC(=O)N1CCN(C(=O)C(CCC(=O)O)NC(=O)c2cc(OCC(=O)N3C[C@H](F)C[C@H]3C(=O)OC)c3ccccc3n2)CC1. The number of rotatable bonds is 11. The fourth-order valence-electron chi connectivity index (χ4n) is 5.32. The lowest BCUT2D eigenvalue weighted by atomic mass is 10.1. The van der Waals surface area contributed by atoms with Gasteiger partial charge in [-0.05, 0) is 25.5 Å². The third-order valence-corrected chi connectivity index (χ3v) is 7.67. The van der Waals surface area contributed by atoms with Crippen LogP contribution in [0.5, 0.6) is 5.75 Å². The number of alkyl halides is 1. The normalized spacial score (nSPS) is 18.5. The summed E-state index contributed by atoms with van der Waals surface area (Å²) in [6.07, 6.45) is -2.68. The van der Waals surface area contributed by atoms with Crippen molar-refractivity contribution in [2.45, 2.75) is 44.4 Å². The van der Waals surface area contributed by atoms with Gasteiger partial charge in [-0.2, -0.15) is 0 Å². The molecule has 3 atom stereocenters. The number of halogens is 1. The number of fused-ring (bicyclic) bond motifs is 1. The maximum Gasteiger partial charge on any atom is 0.409 e. The Morgan fingerprint density at radius 3 is 2.46 bits per heavy atom. The number of aromatic nitrogens is 1.